The van der Waals surface area contributed by atoms with E-state index in [0.717, 1.165) is 35.0 Å². The first-order valence-electron chi connectivity index (χ1n) is 9.37. The molecule has 154 valence electrons. The minimum atomic E-state index is -0.558. The van der Waals surface area contributed by atoms with Gasteiger partial charge in [-0.25, -0.2) is 9.48 Å². The third-order valence-electron chi connectivity index (χ3n) is 4.77. The van der Waals surface area contributed by atoms with Gasteiger partial charge in [0.15, 0.2) is 14.9 Å². The molecule has 0 aliphatic heterocycles. The van der Waals surface area contributed by atoms with Crippen molar-refractivity contribution < 1.29 is 14.3 Å². The Hall–Kier alpha value is -2.49. The fourth-order valence-corrected chi connectivity index (χ4v) is 5.09. The molecule has 3 aromatic rings. The van der Waals surface area contributed by atoms with E-state index in [4.69, 9.17) is 17.0 Å². The summed E-state index contributed by atoms with van der Waals surface area (Å²) in [4.78, 5) is 24.4. The molecule has 1 aliphatic carbocycles. The maximum absolute atomic E-state index is 12.3. The number of fused-ring (bicyclic) bond motifs is 1. The van der Waals surface area contributed by atoms with Gasteiger partial charge in [0.1, 0.15) is 0 Å². The number of aromatic nitrogens is 2. The smallest absolute Gasteiger partial charge is 0.338 e. The first kappa shape index (κ1) is 20.8. The van der Waals surface area contributed by atoms with Gasteiger partial charge in [-0.1, -0.05) is 29.2 Å². The average molecular weight is 458 g/mol. The van der Waals surface area contributed by atoms with Gasteiger partial charge < -0.3 is 10.1 Å². The highest BCUT2D eigenvalue weighted by atomic mass is 32.2. The third-order valence-corrected chi connectivity index (χ3v) is 6.98. The molecule has 0 bridgehead atoms. The molecule has 0 radical (unpaired) electrons. The number of carbonyl (C=O) groups excluding carboxylic acids is 2. The first-order chi connectivity index (χ1) is 14.5. The fourth-order valence-electron chi connectivity index (χ4n) is 3.31. The Labute approximate surface area is 187 Å². The van der Waals surface area contributed by atoms with Gasteiger partial charge in [-0.15, -0.1) is 5.10 Å². The zero-order chi connectivity index (χ0) is 21.1. The fraction of sp³-hybridized carbons (Fsp3) is 0.238. The number of hydrogen-bond donors (Lipinski definition) is 1. The minimum absolute atomic E-state index is 0.341. The lowest BCUT2D eigenvalue weighted by molar-refractivity contribution is -0.119. The number of hydrogen-bond acceptors (Lipinski definition) is 7. The quantitative estimate of drug-likeness (QED) is 0.329. The lowest BCUT2D eigenvalue weighted by atomic mass is 10.1. The highest BCUT2D eigenvalue weighted by molar-refractivity contribution is 8.00. The molecular formula is C21H19N3O3S3. The molecule has 2 aromatic carbocycles. The number of nitrogens with zero attached hydrogens (tertiary/aromatic N) is 2. The Morgan fingerprint density at radius 1 is 1.20 bits per heavy atom. The Morgan fingerprint density at radius 2 is 1.97 bits per heavy atom. The van der Waals surface area contributed by atoms with Crippen LogP contribution in [0, 0.1) is 3.95 Å². The van der Waals surface area contributed by atoms with Crippen LogP contribution in [-0.2, 0) is 22.4 Å². The summed E-state index contributed by atoms with van der Waals surface area (Å²) in [5, 5.41) is 7.20. The predicted octanol–water partition coefficient (Wildman–Crippen LogP) is 4.67. The molecular weight excluding hydrogens is 438 g/mol. The molecule has 0 fully saturated rings. The number of esters is 1. The normalized spacial score (nSPS) is 12.4. The Morgan fingerprint density at radius 3 is 2.70 bits per heavy atom. The van der Waals surface area contributed by atoms with E-state index in [1.165, 1.54) is 34.2 Å². The van der Waals surface area contributed by atoms with E-state index in [9.17, 15) is 9.59 Å². The molecule has 9 heteroatoms. The van der Waals surface area contributed by atoms with Gasteiger partial charge in [0.25, 0.3) is 5.91 Å². The highest BCUT2D eigenvalue weighted by Crippen LogP contribution is 2.25. The summed E-state index contributed by atoms with van der Waals surface area (Å²) in [5.74, 6) is -0.923. The lowest BCUT2D eigenvalue weighted by Crippen LogP contribution is -2.21. The van der Waals surface area contributed by atoms with Gasteiger partial charge in [0.2, 0.25) is 0 Å². The summed E-state index contributed by atoms with van der Waals surface area (Å²) in [6.45, 7) is -0.341. The average Bonchev–Trinajstić information content (AvgIpc) is 3.38. The Balaban J connectivity index is 1.34. The molecule has 6 nitrogen and oxygen atoms in total. The van der Waals surface area contributed by atoms with Crippen LogP contribution in [0.15, 0.2) is 46.8 Å². The van der Waals surface area contributed by atoms with Crippen LogP contribution in [-0.4, -0.2) is 34.5 Å². The first-order valence-corrected chi connectivity index (χ1v) is 11.8. The molecule has 1 N–H and O–H groups in total. The number of rotatable bonds is 6. The molecule has 1 aromatic heterocycles. The second-order valence-corrected chi connectivity index (χ2v) is 9.43. The van der Waals surface area contributed by atoms with Crippen LogP contribution in [0.1, 0.15) is 27.9 Å². The van der Waals surface area contributed by atoms with Crippen molar-refractivity contribution in [3.63, 3.8) is 0 Å². The zero-order valence-electron chi connectivity index (χ0n) is 16.2. The number of aryl methyl sites for hydroxylation is 2. The van der Waals surface area contributed by atoms with Crippen LogP contribution in [0.4, 0.5) is 5.69 Å². The number of amides is 1. The number of thioether (sulfide) groups is 1. The lowest BCUT2D eigenvalue weighted by Gasteiger charge is -2.09. The standard InChI is InChI=1S/C21H19N3O3S3/c1-29-20-23-24(21(28)30-20)17-9-6-14(7-10-17)19(26)27-12-18(25)22-16-8-5-13-3-2-4-15(13)11-16/h5-11H,2-4,12H2,1H3,(H,22,25). The molecule has 4 rings (SSSR count). The van der Waals surface area contributed by atoms with Crippen molar-refractivity contribution >= 4 is 52.9 Å². The number of carbonyl (C=O) groups is 2. The van der Waals surface area contributed by atoms with Crippen molar-refractivity contribution in [1.29, 1.82) is 0 Å². The van der Waals surface area contributed by atoms with Crippen molar-refractivity contribution in [3.05, 3.63) is 63.1 Å². The molecule has 1 heterocycles. The van der Waals surface area contributed by atoms with Crippen molar-refractivity contribution in [2.75, 3.05) is 18.2 Å². The number of benzene rings is 2. The van der Waals surface area contributed by atoms with Crippen LogP contribution in [0.3, 0.4) is 0 Å². The molecule has 0 atom stereocenters. The van der Waals surface area contributed by atoms with Gasteiger partial charge in [-0.3, -0.25) is 4.79 Å². The SMILES string of the molecule is CSc1nn(-c2ccc(C(=O)OCC(=O)Nc3ccc4c(c3)CCC4)cc2)c(=S)s1. The summed E-state index contributed by atoms with van der Waals surface area (Å²) in [7, 11) is 0. The van der Waals surface area contributed by atoms with E-state index in [1.807, 2.05) is 24.5 Å². The molecule has 1 aliphatic rings. The van der Waals surface area contributed by atoms with Crippen LogP contribution in [0.25, 0.3) is 5.69 Å². The molecule has 0 saturated heterocycles. The summed E-state index contributed by atoms with van der Waals surface area (Å²) >= 11 is 8.29. The van der Waals surface area contributed by atoms with Crippen molar-refractivity contribution in [3.8, 4) is 5.69 Å². The largest absolute Gasteiger partial charge is 0.452 e. The summed E-state index contributed by atoms with van der Waals surface area (Å²) in [6.07, 6.45) is 5.22. The van der Waals surface area contributed by atoms with Gasteiger partial charge in [0, 0.05) is 5.69 Å². The van der Waals surface area contributed by atoms with Gasteiger partial charge in [-0.2, -0.15) is 0 Å². The summed E-state index contributed by atoms with van der Waals surface area (Å²) in [6, 6.07) is 12.7. The molecule has 0 saturated carbocycles. The molecule has 0 spiro atoms. The third kappa shape index (κ3) is 4.63. The van der Waals surface area contributed by atoms with Gasteiger partial charge in [-0.05, 0) is 85.3 Å². The zero-order valence-corrected chi connectivity index (χ0v) is 18.7. The van der Waals surface area contributed by atoms with Crippen molar-refractivity contribution in [1.82, 2.24) is 9.78 Å². The van der Waals surface area contributed by atoms with Crippen molar-refractivity contribution in [2.24, 2.45) is 0 Å². The topological polar surface area (TPSA) is 73.2 Å². The van der Waals surface area contributed by atoms with E-state index in [-0.39, 0.29) is 12.5 Å². The van der Waals surface area contributed by atoms with Crippen LogP contribution in [0.5, 0.6) is 0 Å². The van der Waals surface area contributed by atoms with Crippen molar-refractivity contribution in [2.45, 2.75) is 23.6 Å². The van der Waals surface area contributed by atoms with Crippen LogP contribution in [0.2, 0.25) is 0 Å². The van der Waals surface area contributed by atoms with E-state index >= 15 is 0 Å². The highest BCUT2D eigenvalue weighted by Gasteiger charge is 2.14. The Kier molecular flexibility index (Phi) is 6.31. The summed E-state index contributed by atoms with van der Waals surface area (Å²) in [5.41, 5.74) is 4.46. The van der Waals surface area contributed by atoms with Crippen LogP contribution >= 0.6 is 35.3 Å². The molecule has 0 unspecified atom stereocenters. The maximum atomic E-state index is 12.3. The molecule has 30 heavy (non-hydrogen) atoms. The van der Waals surface area contributed by atoms with Gasteiger partial charge in [0.05, 0.1) is 11.3 Å². The van der Waals surface area contributed by atoms with E-state index in [0.29, 0.717) is 9.52 Å². The minimum Gasteiger partial charge on any atom is -0.452 e. The molecule has 1 amide bonds. The second-order valence-electron chi connectivity index (χ2n) is 6.76. The Bertz CT molecular complexity index is 1150. The number of ether oxygens (including phenoxy) is 1. The maximum Gasteiger partial charge on any atom is 0.338 e. The van der Waals surface area contributed by atoms with Gasteiger partial charge >= 0.3 is 5.97 Å². The van der Waals surface area contributed by atoms with Crippen LogP contribution < -0.4 is 5.32 Å². The van der Waals surface area contributed by atoms with E-state index < -0.39 is 5.97 Å². The predicted molar refractivity (Wildman–Crippen MR) is 121 cm³/mol. The van der Waals surface area contributed by atoms with E-state index in [2.05, 4.69) is 10.4 Å². The monoisotopic (exact) mass is 457 g/mol. The summed E-state index contributed by atoms with van der Waals surface area (Å²) < 4.78 is 8.32. The van der Waals surface area contributed by atoms with E-state index in [1.54, 1.807) is 28.9 Å². The number of anilines is 1. The second kappa shape index (κ2) is 9.11. The number of nitrogens with one attached hydrogen (secondary N) is 1.